The average Bonchev–Trinajstić information content (AvgIpc) is 3.07. The highest BCUT2D eigenvalue weighted by Crippen LogP contribution is 2.35. The van der Waals surface area contributed by atoms with Crippen molar-refractivity contribution in [3.8, 4) is 22.6 Å². The summed E-state index contributed by atoms with van der Waals surface area (Å²) in [5.41, 5.74) is 4.81. The fraction of sp³-hybridized carbons (Fsp3) is 0.297. The van der Waals surface area contributed by atoms with Gasteiger partial charge in [0.05, 0.1) is 31.0 Å². The van der Waals surface area contributed by atoms with E-state index in [4.69, 9.17) is 9.47 Å². The quantitative estimate of drug-likeness (QED) is 0.190. The number of hydrogen-bond donors (Lipinski definition) is 3. The number of carbonyl (C=O) groups is 2. The number of methoxy groups -OCH3 is 1. The van der Waals surface area contributed by atoms with Gasteiger partial charge >= 0.3 is 6.03 Å². The normalized spacial score (nSPS) is 16.9. The number of rotatable bonds is 10. The Morgan fingerprint density at radius 3 is 2.35 bits per heavy atom. The summed E-state index contributed by atoms with van der Waals surface area (Å²) in [6.07, 6.45) is -0.318. The molecule has 4 aromatic carbocycles. The van der Waals surface area contributed by atoms with E-state index in [1.165, 1.54) is 16.7 Å². The summed E-state index contributed by atoms with van der Waals surface area (Å²) in [5, 5.41) is 15.7. The van der Waals surface area contributed by atoms with Crippen LogP contribution in [0.5, 0.6) is 11.5 Å². The van der Waals surface area contributed by atoms with Gasteiger partial charge in [0.1, 0.15) is 11.9 Å². The largest absolute Gasteiger partial charge is 0.497 e. The molecule has 3 amide bonds. The highest BCUT2D eigenvalue weighted by Gasteiger charge is 2.34. The lowest BCUT2D eigenvalue weighted by Gasteiger charge is -2.38. The third-order valence-corrected chi connectivity index (χ3v) is 8.29. The Kier molecular flexibility index (Phi) is 10.6. The van der Waals surface area contributed by atoms with Gasteiger partial charge in [-0.2, -0.15) is 0 Å². The molecule has 1 aliphatic heterocycles. The number of ether oxygens (including phenoxy) is 2. The molecule has 0 radical (unpaired) electrons. The molecule has 0 saturated heterocycles. The van der Waals surface area contributed by atoms with Gasteiger partial charge in [0, 0.05) is 31.2 Å². The number of anilines is 2. The molecule has 0 aromatic heterocycles. The number of para-hydroxylation sites is 1. The van der Waals surface area contributed by atoms with Crippen molar-refractivity contribution < 1.29 is 24.2 Å². The van der Waals surface area contributed by atoms with Gasteiger partial charge < -0.3 is 30.1 Å². The van der Waals surface area contributed by atoms with E-state index >= 15 is 0 Å². The van der Waals surface area contributed by atoms with E-state index in [1.807, 2.05) is 32.2 Å². The monoisotopic (exact) mass is 622 g/mol. The van der Waals surface area contributed by atoms with E-state index in [0.717, 1.165) is 0 Å². The number of amides is 3. The zero-order chi connectivity index (χ0) is 32.6. The first-order chi connectivity index (χ1) is 22.2. The lowest BCUT2D eigenvalue weighted by molar-refractivity contribution is 0.0343. The van der Waals surface area contributed by atoms with Crippen LogP contribution in [0.4, 0.5) is 16.2 Å². The van der Waals surface area contributed by atoms with Crippen molar-refractivity contribution in [2.24, 2.45) is 5.92 Å². The molecule has 0 bridgehead atoms. The zero-order valence-corrected chi connectivity index (χ0v) is 26.8. The number of hydrogen-bond acceptors (Lipinski definition) is 6. The smallest absolute Gasteiger partial charge is 0.323 e. The molecule has 9 nitrogen and oxygen atoms in total. The molecule has 46 heavy (non-hydrogen) atoms. The maximum Gasteiger partial charge on any atom is 0.323 e. The summed E-state index contributed by atoms with van der Waals surface area (Å²) in [4.78, 5) is 30.8. The van der Waals surface area contributed by atoms with Gasteiger partial charge in [-0.3, -0.25) is 9.69 Å². The minimum Gasteiger partial charge on any atom is -0.497 e. The van der Waals surface area contributed by atoms with Gasteiger partial charge in [0.2, 0.25) is 0 Å². The third kappa shape index (κ3) is 7.85. The topological polar surface area (TPSA) is 103 Å². The number of urea groups is 1. The second-order valence-electron chi connectivity index (χ2n) is 11.9. The molecular weight excluding hydrogens is 580 g/mol. The average molecular weight is 623 g/mol. The minimum absolute atomic E-state index is 0.0739. The Hall–Kier alpha value is -4.86. The van der Waals surface area contributed by atoms with Crippen LogP contribution in [0.25, 0.3) is 11.1 Å². The van der Waals surface area contributed by atoms with E-state index in [9.17, 15) is 14.7 Å². The van der Waals surface area contributed by atoms with E-state index in [0.29, 0.717) is 48.1 Å². The van der Waals surface area contributed by atoms with Gasteiger partial charge in [-0.15, -0.1) is 0 Å². The summed E-state index contributed by atoms with van der Waals surface area (Å²) in [7, 11) is 3.63. The van der Waals surface area contributed by atoms with Crippen LogP contribution < -0.4 is 20.1 Å². The van der Waals surface area contributed by atoms with E-state index in [-0.39, 0.29) is 24.5 Å². The van der Waals surface area contributed by atoms with Crippen LogP contribution in [0, 0.1) is 5.92 Å². The van der Waals surface area contributed by atoms with Crippen LogP contribution in [0.3, 0.4) is 0 Å². The molecule has 240 valence electrons. The SMILES string of the molecule is COc1ccc(NC(=O)Nc2cccc3c2O[C@@H](CN(C)Cc2ccc(-c4ccccc4)cc2)[C@@H](C)CN([C@@H](C)CO)C3=O)cc1. The van der Waals surface area contributed by atoms with Crippen LogP contribution in [0.1, 0.15) is 29.8 Å². The van der Waals surface area contributed by atoms with Crippen LogP contribution >= 0.6 is 0 Å². The van der Waals surface area contributed by atoms with Crippen molar-refractivity contribution in [2.75, 3.05) is 44.5 Å². The van der Waals surface area contributed by atoms with Gasteiger partial charge in [0.15, 0.2) is 5.75 Å². The first-order valence-electron chi connectivity index (χ1n) is 15.5. The molecule has 1 aliphatic rings. The number of nitrogens with one attached hydrogen (secondary N) is 2. The second kappa shape index (κ2) is 14.9. The van der Waals surface area contributed by atoms with Crippen LogP contribution in [-0.4, -0.2) is 72.8 Å². The second-order valence-corrected chi connectivity index (χ2v) is 11.9. The molecule has 5 rings (SSSR count). The molecule has 0 fully saturated rings. The first kappa shape index (κ1) is 32.5. The summed E-state index contributed by atoms with van der Waals surface area (Å²) < 4.78 is 11.9. The Labute approximate surface area is 270 Å². The molecule has 0 unspecified atom stereocenters. The van der Waals surface area contributed by atoms with E-state index < -0.39 is 12.1 Å². The molecule has 3 atom stereocenters. The first-order valence-corrected chi connectivity index (χ1v) is 15.5. The Balaban J connectivity index is 1.36. The number of fused-ring (bicyclic) bond motifs is 1. The fourth-order valence-corrected chi connectivity index (χ4v) is 5.64. The Bertz CT molecular complexity index is 1610. The van der Waals surface area contributed by atoms with Gasteiger partial charge in [0.25, 0.3) is 5.91 Å². The van der Waals surface area contributed by atoms with Crippen LogP contribution in [0.15, 0.2) is 97.1 Å². The molecular formula is C37H42N4O5. The maximum absolute atomic E-state index is 13.8. The molecule has 0 aliphatic carbocycles. The number of aliphatic hydroxyl groups is 1. The lowest BCUT2D eigenvalue weighted by Crippen LogP contribution is -2.49. The molecule has 0 spiro atoms. The highest BCUT2D eigenvalue weighted by atomic mass is 16.5. The van der Waals surface area contributed by atoms with Gasteiger partial charge in [-0.05, 0) is 67.1 Å². The minimum atomic E-state index is -0.474. The molecule has 3 N–H and O–H groups in total. The Morgan fingerprint density at radius 2 is 1.67 bits per heavy atom. The third-order valence-electron chi connectivity index (χ3n) is 8.29. The predicted octanol–water partition coefficient (Wildman–Crippen LogP) is 6.36. The highest BCUT2D eigenvalue weighted by molar-refractivity contribution is 6.04. The lowest BCUT2D eigenvalue weighted by atomic mass is 9.98. The van der Waals surface area contributed by atoms with Crippen molar-refractivity contribution in [1.29, 1.82) is 0 Å². The summed E-state index contributed by atoms with van der Waals surface area (Å²) in [6, 6.07) is 30.1. The Morgan fingerprint density at radius 1 is 0.978 bits per heavy atom. The number of likely N-dealkylation sites (N-methyl/N-ethyl adjacent to an activating group) is 1. The number of nitrogens with zero attached hydrogens (tertiary/aromatic N) is 2. The summed E-state index contributed by atoms with van der Waals surface area (Å²) in [5.74, 6) is 0.658. The van der Waals surface area contributed by atoms with Crippen molar-refractivity contribution in [3.05, 3.63) is 108 Å². The molecule has 4 aromatic rings. The van der Waals surface area contributed by atoms with Gasteiger partial charge in [-0.25, -0.2) is 4.79 Å². The van der Waals surface area contributed by atoms with Crippen LogP contribution in [0.2, 0.25) is 0 Å². The predicted molar refractivity (Wildman–Crippen MR) is 181 cm³/mol. The summed E-state index contributed by atoms with van der Waals surface area (Å²) in [6.45, 7) is 5.41. The maximum atomic E-state index is 13.8. The number of aliphatic hydroxyl groups excluding tert-OH is 1. The van der Waals surface area contributed by atoms with Crippen molar-refractivity contribution in [1.82, 2.24) is 9.80 Å². The van der Waals surface area contributed by atoms with E-state index in [1.54, 1.807) is 54.5 Å². The summed E-state index contributed by atoms with van der Waals surface area (Å²) >= 11 is 0. The molecule has 0 saturated carbocycles. The molecule has 1 heterocycles. The fourth-order valence-electron chi connectivity index (χ4n) is 5.64. The number of benzene rings is 4. The van der Waals surface area contributed by atoms with Crippen molar-refractivity contribution in [2.45, 2.75) is 32.5 Å². The van der Waals surface area contributed by atoms with Crippen molar-refractivity contribution in [3.63, 3.8) is 0 Å². The van der Waals surface area contributed by atoms with Crippen LogP contribution in [-0.2, 0) is 6.54 Å². The zero-order valence-electron chi connectivity index (χ0n) is 26.8. The van der Waals surface area contributed by atoms with E-state index in [2.05, 4.69) is 58.9 Å². The number of carbonyl (C=O) groups excluding carboxylic acids is 2. The molecule has 9 heteroatoms. The standard InChI is InChI=1S/C37H42N4O5/c1-25-21-41(26(2)24-42)36(43)32-11-8-12-33(39-37(44)38-30-17-19-31(45-4)20-18-30)35(32)46-34(25)23-40(3)22-27-13-15-29(16-14-27)28-9-6-5-7-10-28/h5-20,25-26,34,42H,21-24H2,1-4H3,(H2,38,39,44)/t25-,26-,34-/m0/s1. The van der Waals surface area contributed by atoms with Gasteiger partial charge in [-0.1, -0.05) is 67.6 Å². The van der Waals surface area contributed by atoms with Crippen molar-refractivity contribution >= 4 is 23.3 Å².